The van der Waals surface area contributed by atoms with E-state index in [9.17, 15) is 14.7 Å². The lowest BCUT2D eigenvalue weighted by Crippen LogP contribution is -2.68. The van der Waals surface area contributed by atoms with Gasteiger partial charge in [0.05, 0.1) is 5.02 Å². The van der Waals surface area contributed by atoms with E-state index in [1.807, 2.05) is 36.4 Å². The van der Waals surface area contributed by atoms with Crippen LogP contribution in [0.1, 0.15) is 38.1 Å². The Morgan fingerprint density at radius 1 is 1.03 bits per heavy atom. The molecule has 0 spiro atoms. The number of carbonyl (C=O) groups is 2. The minimum Gasteiger partial charge on any atom is -0.478 e. The summed E-state index contributed by atoms with van der Waals surface area (Å²) in [5.41, 5.74) is -0.109. The van der Waals surface area contributed by atoms with Crippen molar-refractivity contribution in [3.05, 3.63) is 76.6 Å². The number of nitrogens with one attached hydrogen (secondary N) is 1. The van der Waals surface area contributed by atoms with Gasteiger partial charge in [0.2, 0.25) is 0 Å². The number of carboxylic acid groups (broad SMARTS) is 1. The highest BCUT2D eigenvalue weighted by Gasteiger charge is 2.51. The average Bonchev–Trinajstić information content (AvgIpc) is 3.12. The number of thiophene rings is 1. The van der Waals surface area contributed by atoms with Crippen molar-refractivity contribution < 1.29 is 19.1 Å². The number of benzene rings is 2. The van der Waals surface area contributed by atoms with Gasteiger partial charge < -0.3 is 14.8 Å². The fraction of sp³-hybridized carbons (Fsp3) is 0.250. The molecule has 2 N–H and O–H groups in total. The second-order valence-electron chi connectivity index (χ2n) is 8.51. The molecule has 0 aliphatic rings. The van der Waals surface area contributed by atoms with Crippen molar-refractivity contribution in [2.45, 2.75) is 38.8 Å². The molecule has 32 heavy (non-hydrogen) atoms. The zero-order chi connectivity index (χ0) is 23.5. The Balaban J connectivity index is 2.02. The Kier molecular flexibility index (Phi) is 7.24. The molecule has 1 heterocycles. The minimum atomic E-state index is -2.92. The van der Waals surface area contributed by atoms with E-state index in [2.05, 4.69) is 50.4 Å². The SMILES string of the molecule is CC(O[Si](c1ccccc1)(c1ccccc1)C(C)(C)C)C(=O)Nc1scc(Cl)c1C(=O)O. The van der Waals surface area contributed by atoms with Gasteiger partial charge in [0.1, 0.15) is 16.7 Å². The average molecular weight is 488 g/mol. The largest absolute Gasteiger partial charge is 0.478 e. The first-order valence-electron chi connectivity index (χ1n) is 10.2. The van der Waals surface area contributed by atoms with Gasteiger partial charge in [0.25, 0.3) is 14.2 Å². The standard InChI is InChI=1S/C24H26ClNO4SSi/c1-16(21(27)26-22-20(23(28)29)19(25)15-31-22)30-32(24(2,3)4,17-11-7-5-8-12-17)18-13-9-6-10-14-18/h5-16H,1-4H3,(H,26,27)(H,28,29). The van der Waals surface area contributed by atoms with E-state index >= 15 is 0 Å². The zero-order valence-corrected chi connectivity index (χ0v) is 21.0. The molecule has 8 heteroatoms. The summed E-state index contributed by atoms with van der Waals surface area (Å²) in [6.45, 7) is 8.09. The predicted octanol–water partition coefficient (Wildman–Crippen LogP) is 5.00. The van der Waals surface area contributed by atoms with Crippen molar-refractivity contribution in [2.24, 2.45) is 0 Å². The Morgan fingerprint density at radius 3 is 1.97 bits per heavy atom. The highest BCUT2D eigenvalue weighted by atomic mass is 35.5. The molecule has 0 fully saturated rings. The molecule has 0 aliphatic heterocycles. The maximum Gasteiger partial charge on any atom is 0.340 e. The zero-order valence-electron chi connectivity index (χ0n) is 18.4. The number of anilines is 1. The number of hydrogen-bond donors (Lipinski definition) is 2. The van der Waals surface area contributed by atoms with Gasteiger partial charge in [-0.1, -0.05) is 93.0 Å². The lowest BCUT2D eigenvalue weighted by molar-refractivity contribution is -0.122. The molecule has 5 nitrogen and oxygen atoms in total. The smallest absolute Gasteiger partial charge is 0.340 e. The van der Waals surface area contributed by atoms with Gasteiger partial charge in [-0.3, -0.25) is 4.79 Å². The predicted molar refractivity (Wildman–Crippen MR) is 133 cm³/mol. The molecule has 168 valence electrons. The lowest BCUT2D eigenvalue weighted by Gasteiger charge is -2.44. The molecule has 3 aromatic rings. The molecule has 0 aliphatic carbocycles. The van der Waals surface area contributed by atoms with E-state index in [-0.39, 0.29) is 20.6 Å². The maximum absolute atomic E-state index is 13.1. The second-order valence-corrected chi connectivity index (χ2v) is 14.0. The van der Waals surface area contributed by atoms with E-state index in [0.29, 0.717) is 0 Å². The number of aromatic carboxylic acids is 1. The molecule has 0 saturated heterocycles. The fourth-order valence-corrected chi connectivity index (χ4v) is 9.68. The summed E-state index contributed by atoms with van der Waals surface area (Å²) in [5, 5.41) is 15.7. The summed E-state index contributed by atoms with van der Waals surface area (Å²) in [4.78, 5) is 24.7. The topological polar surface area (TPSA) is 75.6 Å². The van der Waals surface area contributed by atoms with Crippen LogP contribution in [0.2, 0.25) is 10.1 Å². The van der Waals surface area contributed by atoms with Crippen LogP contribution in [0.5, 0.6) is 0 Å². The van der Waals surface area contributed by atoms with Gasteiger partial charge in [-0.15, -0.1) is 11.3 Å². The summed E-state index contributed by atoms with van der Waals surface area (Å²) in [5.74, 6) is -1.61. The van der Waals surface area contributed by atoms with Crippen LogP contribution in [0.3, 0.4) is 0 Å². The summed E-state index contributed by atoms with van der Waals surface area (Å²) in [6, 6.07) is 20.0. The molecular formula is C24H26ClNO4SSi. The molecule has 1 aromatic heterocycles. The van der Waals surface area contributed by atoms with Crippen molar-refractivity contribution in [2.75, 3.05) is 5.32 Å². The van der Waals surface area contributed by atoms with Crippen molar-refractivity contribution in [1.29, 1.82) is 0 Å². The van der Waals surface area contributed by atoms with E-state index in [1.165, 1.54) is 5.38 Å². The molecule has 1 atom stereocenters. The van der Waals surface area contributed by atoms with Gasteiger partial charge in [0.15, 0.2) is 0 Å². The van der Waals surface area contributed by atoms with Gasteiger partial charge in [0, 0.05) is 5.38 Å². The number of carboxylic acids is 1. The van der Waals surface area contributed by atoms with Crippen LogP contribution < -0.4 is 15.7 Å². The molecule has 2 aromatic carbocycles. The number of rotatable bonds is 7. The quantitative estimate of drug-likeness (QED) is 0.459. The Morgan fingerprint density at radius 2 is 1.53 bits per heavy atom. The number of carbonyl (C=O) groups excluding carboxylic acids is 1. The van der Waals surface area contributed by atoms with Crippen molar-refractivity contribution in [1.82, 2.24) is 0 Å². The normalized spacial score (nSPS) is 12.9. The molecule has 0 saturated carbocycles. The van der Waals surface area contributed by atoms with Crippen molar-refractivity contribution in [3.8, 4) is 0 Å². The third-order valence-electron chi connectivity index (χ3n) is 5.34. The van der Waals surface area contributed by atoms with Gasteiger partial charge in [-0.25, -0.2) is 4.79 Å². The Labute approximate surface area is 198 Å². The second kappa shape index (κ2) is 9.58. The van der Waals surface area contributed by atoms with Crippen LogP contribution in [-0.2, 0) is 9.22 Å². The summed E-state index contributed by atoms with van der Waals surface area (Å²) in [6.07, 6.45) is -0.830. The third kappa shape index (κ3) is 4.66. The summed E-state index contributed by atoms with van der Waals surface area (Å²) in [7, 11) is -2.92. The van der Waals surface area contributed by atoms with Crippen molar-refractivity contribution >= 4 is 58.5 Å². The lowest BCUT2D eigenvalue weighted by atomic mass is 10.2. The Hall–Kier alpha value is -2.45. The van der Waals surface area contributed by atoms with E-state index in [1.54, 1.807) is 6.92 Å². The first-order valence-corrected chi connectivity index (χ1v) is 13.3. The number of hydrogen-bond acceptors (Lipinski definition) is 4. The maximum atomic E-state index is 13.1. The molecule has 0 radical (unpaired) electrons. The highest BCUT2D eigenvalue weighted by Crippen LogP contribution is 2.38. The van der Waals surface area contributed by atoms with Crippen LogP contribution in [0.4, 0.5) is 5.00 Å². The summed E-state index contributed by atoms with van der Waals surface area (Å²) >= 11 is 7.06. The van der Waals surface area contributed by atoms with Gasteiger partial charge in [-0.05, 0) is 22.3 Å². The summed E-state index contributed by atoms with van der Waals surface area (Å²) < 4.78 is 6.77. The molecule has 1 unspecified atom stereocenters. The Bertz CT molecular complexity index is 1060. The third-order valence-corrected chi connectivity index (χ3v) is 11.8. The fourth-order valence-electron chi connectivity index (χ4n) is 3.85. The first kappa shape index (κ1) is 24.2. The highest BCUT2D eigenvalue weighted by molar-refractivity contribution is 7.15. The number of amides is 1. The van der Waals surface area contributed by atoms with Crippen LogP contribution in [0.15, 0.2) is 66.0 Å². The monoisotopic (exact) mass is 487 g/mol. The van der Waals surface area contributed by atoms with Crippen LogP contribution >= 0.6 is 22.9 Å². The minimum absolute atomic E-state index is 0.0957. The molecule has 0 bridgehead atoms. The van der Waals surface area contributed by atoms with Crippen LogP contribution in [0.25, 0.3) is 0 Å². The van der Waals surface area contributed by atoms with Gasteiger partial charge >= 0.3 is 5.97 Å². The van der Waals surface area contributed by atoms with Crippen LogP contribution in [-0.4, -0.2) is 31.4 Å². The van der Waals surface area contributed by atoms with Crippen molar-refractivity contribution in [3.63, 3.8) is 0 Å². The molecule has 3 rings (SSSR count). The number of halogens is 1. The molecule has 1 amide bonds. The first-order chi connectivity index (χ1) is 15.1. The van der Waals surface area contributed by atoms with E-state index in [4.69, 9.17) is 16.0 Å². The molecular weight excluding hydrogens is 462 g/mol. The van der Waals surface area contributed by atoms with Crippen LogP contribution in [0, 0.1) is 0 Å². The van der Waals surface area contributed by atoms with E-state index < -0.39 is 26.3 Å². The van der Waals surface area contributed by atoms with E-state index in [0.717, 1.165) is 21.7 Å². The van der Waals surface area contributed by atoms with Gasteiger partial charge in [-0.2, -0.15) is 0 Å².